The Hall–Kier alpha value is -0.900. The minimum Gasteiger partial charge on any atom is -0.494 e. The Kier molecular flexibility index (Phi) is 3.03. The summed E-state index contributed by atoms with van der Waals surface area (Å²) in [6.45, 7) is 4.31. The summed E-state index contributed by atoms with van der Waals surface area (Å²) < 4.78 is 10.5. The highest BCUT2D eigenvalue weighted by Crippen LogP contribution is 2.25. The summed E-state index contributed by atoms with van der Waals surface area (Å²) in [5, 5.41) is 2.00. The largest absolute Gasteiger partial charge is 0.494 e. The second kappa shape index (κ2) is 3.87. The van der Waals surface area contributed by atoms with E-state index in [9.17, 15) is 0 Å². The Morgan fingerprint density at radius 1 is 1.31 bits per heavy atom. The van der Waals surface area contributed by atoms with E-state index in [0.717, 1.165) is 5.76 Å². The quantitative estimate of drug-likeness (QED) is 0.710. The van der Waals surface area contributed by atoms with Crippen LogP contribution in [0.4, 0.5) is 0 Å². The Labute approximate surface area is 79.5 Å². The molecule has 4 heteroatoms. The molecule has 0 saturated heterocycles. The molecule has 76 valence electrons. The molecular formula is C9H18N2O2. The highest BCUT2D eigenvalue weighted by Gasteiger charge is 2.34. The van der Waals surface area contributed by atoms with Gasteiger partial charge in [0.2, 0.25) is 5.88 Å². The molecule has 4 nitrogen and oxygen atoms in total. The fourth-order valence-corrected chi connectivity index (χ4v) is 1.70. The zero-order valence-electron chi connectivity index (χ0n) is 8.92. The van der Waals surface area contributed by atoms with E-state index in [1.54, 1.807) is 14.2 Å². The van der Waals surface area contributed by atoms with Gasteiger partial charge in [-0.05, 0) is 5.92 Å². The molecule has 1 aliphatic rings. The lowest BCUT2D eigenvalue weighted by Crippen LogP contribution is -2.39. The summed E-state index contributed by atoms with van der Waals surface area (Å²) in [5.41, 5.74) is 3.10. The number of hydrogen-bond acceptors (Lipinski definition) is 4. The molecule has 1 heterocycles. The molecular weight excluding hydrogens is 168 g/mol. The average Bonchev–Trinajstić information content (AvgIpc) is 2.41. The number of likely N-dealkylation sites (N-methyl/N-ethyl adjacent to an activating group) is 1. The lowest BCUT2D eigenvalue weighted by molar-refractivity contribution is 0.143. The van der Waals surface area contributed by atoms with Gasteiger partial charge in [0.15, 0.2) is 5.76 Å². The van der Waals surface area contributed by atoms with E-state index in [2.05, 4.69) is 19.3 Å². The third-order valence-corrected chi connectivity index (χ3v) is 2.24. The van der Waals surface area contributed by atoms with Crippen LogP contribution in [0.25, 0.3) is 0 Å². The number of rotatable bonds is 3. The van der Waals surface area contributed by atoms with Crippen LogP contribution in [0.5, 0.6) is 0 Å². The van der Waals surface area contributed by atoms with E-state index in [1.807, 2.05) is 12.1 Å². The fraction of sp³-hybridized carbons (Fsp3) is 0.778. The minimum absolute atomic E-state index is 0.250. The summed E-state index contributed by atoms with van der Waals surface area (Å²) in [5.74, 6) is 2.07. The van der Waals surface area contributed by atoms with Crippen LogP contribution in [-0.2, 0) is 9.47 Å². The van der Waals surface area contributed by atoms with Crippen LogP contribution in [0.1, 0.15) is 13.8 Å². The van der Waals surface area contributed by atoms with Crippen LogP contribution in [-0.4, -0.2) is 32.3 Å². The van der Waals surface area contributed by atoms with E-state index in [0.29, 0.717) is 11.8 Å². The summed E-state index contributed by atoms with van der Waals surface area (Å²) in [7, 11) is 5.29. The summed E-state index contributed by atoms with van der Waals surface area (Å²) in [6, 6.07) is 0.250. The standard InChI is InChI=1S/C9H18N2O2/c1-6(2)7-8(12-4)9(13-5)10-11(7)3/h6-7,10H,1-5H3. The van der Waals surface area contributed by atoms with E-state index >= 15 is 0 Å². The molecule has 0 saturated carbocycles. The second-order valence-electron chi connectivity index (χ2n) is 3.51. The number of ether oxygens (including phenoxy) is 2. The van der Waals surface area contributed by atoms with Gasteiger partial charge in [-0.15, -0.1) is 0 Å². The van der Waals surface area contributed by atoms with Crippen molar-refractivity contribution in [1.82, 2.24) is 10.4 Å². The molecule has 0 bridgehead atoms. The van der Waals surface area contributed by atoms with Crippen LogP contribution < -0.4 is 5.43 Å². The van der Waals surface area contributed by atoms with Gasteiger partial charge >= 0.3 is 0 Å². The molecule has 0 fully saturated rings. The lowest BCUT2D eigenvalue weighted by atomic mass is 10.0. The van der Waals surface area contributed by atoms with Gasteiger partial charge in [0.05, 0.1) is 20.3 Å². The van der Waals surface area contributed by atoms with Crippen LogP contribution >= 0.6 is 0 Å². The maximum atomic E-state index is 5.31. The Bertz CT molecular complexity index is 214. The van der Waals surface area contributed by atoms with Crippen molar-refractivity contribution in [2.45, 2.75) is 19.9 Å². The van der Waals surface area contributed by atoms with Crippen molar-refractivity contribution >= 4 is 0 Å². The minimum atomic E-state index is 0.250. The Morgan fingerprint density at radius 2 is 1.92 bits per heavy atom. The topological polar surface area (TPSA) is 33.7 Å². The number of hydrogen-bond donors (Lipinski definition) is 1. The van der Waals surface area contributed by atoms with Crippen LogP contribution in [0.3, 0.4) is 0 Å². The molecule has 1 rings (SSSR count). The molecule has 0 amide bonds. The van der Waals surface area contributed by atoms with Crippen molar-refractivity contribution < 1.29 is 9.47 Å². The predicted molar refractivity (Wildman–Crippen MR) is 50.6 cm³/mol. The van der Waals surface area contributed by atoms with Gasteiger partial charge in [0.1, 0.15) is 0 Å². The van der Waals surface area contributed by atoms with Crippen molar-refractivity contribution in [3.63, 3.8) is 0 Å². The van der Waals surface area contributed by atoms with Crippen molar-refractivity contribution in [2.24, 2.45) is 5.92 Å². The third kappa shape index (κ3) is 1.72. The SMILES string of the molecule is COC1=C(OC)C(C(C)C)N(C)N1. The van der Waals surface area contributed by atoms with Crippen molar-refractivity contribution in [3.05, 3.63) is 11.6 Å². The van der Waals surface area contributed by atoms with Crippen molar-refractivity contribution in [2.75, 3.05) is 21.3 Å². The van der Waals surface area contributed by atoms with E-state index < -0.39 is 0 Å². The summed E-state index contributed by atoms with van der Waals surface area (Å²) in [6.07, 6.45) is 0. The van der Waals surface area contributed by atoms with Gasteiger partial charge in [-0.3, -0.25) is 5.43 Å². The number of nitrogens with one attached hydrogen (secondary N) is 1. The third-order valence-electron chi connectivity index (χ3n) is 2.24. The number of hydrazine groups is 1. The maximum Gasteiger partial charge on any atom is 0.242 e. The van der Waals surface area contributed by atoms with Gasteiger partial charge in [0.25, 0.3) is 0 Å². The maximum absolute atomic E-state index is 5.31. The Balaban J connectivity index is 2.88. The molecule has 0 aliphatic carbocycles. The van der Waals surface area contributed by atoms with Crippen LogP contribution in [0.15, 0.2) is 11.6 Å². The molecule has 1 unspecified atom stereocenters. The first kappa shape index (κ1) is 10.2. The highest BCUT2D eigenvalue weighted by molar-refractivity contribution is 5.14. The van der Waals surface area contributed by atoms with Crippen molar-refractivity contribution in [3.8, 4) is 0 Å². The summed E-state index contributed by atoms with van der Waals surface area (Å²) >= 11 is 0. The molecule has 1 aliphatic heterocycles. The summed E-state index contributed by atoms with van der Waals surface area (Å²) in [4.78, 5) is 0. The molecule has 0 aromatic carbocycles. The van der Waals surface area contributed by atoms with E-state index in [4.69, 9.17) is 9.47 Å². The monoisotopic (exact) mass is 186 g/mol. The fourth-order valence-electron chi connectivity index (χ4n) is 1.70. The zero-order valence-corrected chi connectivity index (χ0v) is 8.92. The van der Waals surface area contributed by atoms with Crippen LogP contribution in [0, 0.1) is 5.92 Å². The van der Waals surface area contributed by atoms with Gasteiger partial charge in [0, 0.05) is 7.05 Å². The van der Waals surface area contributed by atoms with Gasteiger partial charge in [-0.25, -0.2) is 5.01 Å². The molecule has 0 aromatic heterocycles. The lowest BCUT2D eigenvalue weighted by Gasteiger charge is -2.23. The molecule has 1 atom stereocenters. The molecule has 1 N–H and O–H groups in total. The number of methoxy groups -OCH3 is 2. The highest BCUT2D eigenvalue weighted by atomic mass is 16.5. The van der Waals surface area contributed by atoms with Crippen molar-refractivity contribution in [1.29, 1.82) is 0 Å². The first-order chi connectivity index (χ1) is 6.11. The second-order valence-corrected chi connectivity index (χ2v) is 3.51. The molecule has 0 spiro atoms. The number of nitrogens with zero attached hydrogens (tertiary/aromatic N) is 1. The smallest absolute Gasteiger partial charge is 0.242 e. The Morgan fingerprint density at radius 3 is 2.31 bits per heavy atom. The molecule has 0 aromatic rings. The van der Waals surface area contributed by atoms with E-state index in [-0.39, 0.29) is 6.04 Å². The predicted octanol–water partition coefficient (Wildman–Crippen LogP) is 0.923. The normalized spacial score (nSPS) is 23.7. The van der Waals surface area contributed by atoms with Crippen LogP contribution in [0.2, 0.25) is 0 Å². The molecule has 13 heavy (non-hydrogen) atoms. The average molecular weight is 186 g/mol. The van der Waals surface area contributed by atoms with Gasteiger partial charge in [-0.1, -0.05) is 13.8 Å². The zero-order chi connectivity index (χ0) is 10.0. The van der Waals surface area contributed by atoms with Gasteiger partial charge in [-0.2, -0.15) is 0 Å². The van der Waals surface area contributed by atoms with Gasteiger partial charge < -0.3 is 9.47 Å². The molecule has 0 radical (unpaired) electrons. The first-order valence-corrected chi connectivity index (χ1v) is 4.43. The first-order valence-electron chi connectivity index (χ1n) is 4.43. The van der Waals surface area contributed by atoms with E-state index in [1.165, 1.54) is 0 Å².